The number of rotatable bonds is 11. The van der Waals surface area contributed by atoms with Crippen molar-refractivity contribution in [1.82, 2.24) is 5.32 Å². The van der Waals surface area contributed by atoms with E-state index >= 15 is 0 Å². The number of hydrogen-bond acceptors (Lipinski definition) is 4. The lowest BCUT2D eigenvalue weighted by Gasteiger charge is -2.22. The van der Waals surface area contributed by atoms with Crippen LogP contribution in [0.15, 0.2) is 48.5 Å². The van der Waals surface area contributed by atoms with Gasteiger partial charge in [0.25, 0.3) is 0 Å². The number of carbonyl (C=O) groups excluding carboxylic acids is 1. The monoisotopic (exact) mass is 438 g/mol. The van der Waals surface area contributed by atoms with Gasteiger partial charge in [-0.25, -0.2) is 12.8 Å². The molecule has 2 aromatic carbocycles. The molecule has 0 saturated carbocycles. The molecule has 0 spiro atoms. The van der Waals surface area contributed by atoms with Gasteiger partial charge in [-0.05, 0) is 37.1 Å². The maximum absolute atomic E-state index is 13.5. The number of carbonyl (C=O) groups is 1. The lowest BCUT2D eigenvalue weighted by Crippen LogP contribution is -2.32. The molecule has 1 N–H and O–H groups in total. The van der Waals surface area contributed by atoms with E-state index in [1.54, 1.807) is 42.1 Å². The minimum Gasteiger partial charge on any atom is -0.355 e. The van der Waals surface area contributed by atoms with Crippen LogP contribution in [0, 0.1) is 12.7 Å². The quantitative estimate of drug-likeness (QED) is 0.543. The van der Waals surface area contributed by atoms with Gasteiger partial charge in [0.05, 0.1) is 11.9 Å². The first-order chi connectivity index (χ1) is 13.8. The minimum absolute atomic E-state index is 0.117. The molecule has 0 unspecified atom stereocenters. The van der Waals surface area contributed by atoms with Crippen LogP contribution in [0.5, 0.6) is 0 Å². The molecule has 0 aliphatic rings. The van der Waals surface area contributed by atoms with E-state index in [9.17, 15) is 17.6 Å². The number of hydrogen-bond donors (Lipinski definition) is 1. The largest absolute Gasteiger partial charge is 0.355 e. The molecule has 0 heterocycles. The number of amides is 1. The average molecular weight is 439 g/mol. The summed E-state index contributed by atoms with van der Waals surface area (Å²) in [4.78, 5) is 12.0. The highest BCUT2D eigenvalue weighted by Gasteiger charge is 2.17. The van der Waals surface area contributed by atoms with Crippen molar-refractivity contribution in [2.75, 3.05) is 29.4 Å². The van der Waals surface area contributed by atoms with E-state index in [-0.39, 0.29) is 24.7 Å². The predicted octanol–water partition coefficient (Wildman–Crippen LogP) is 3.73. The van der Waals surface area contributed by atoms with Gasteiger partial charge in [0, 0.05) is 31.0 Å². The number of aryl methyl sites for hydroxylation is 1. The van der Waals surface area contributed by atoms with Gasteiger partial charge in [-0.3, -0.25) is 9.10 Å². The summed E-state index contributed by atoms with van der Waals surface area (Å²) in [6.45, 7) is 2.68. The second-order valence-corrected chi connectivity index (χ2v) is 9.78. The van der Waals surface area contributed by atoms with Gasteiger partial charge in [-0.15, -0.1) is 0 Å². The van der Waals surface area contributed by atoms with E-state index < -0.39 is 10.0 Å². The fraction of sp³-hybridized carbons (Fsp3) is 0.381. The van der Waals surface area contributed by atoms with E-state index in [2.05, 4.69) is 5.32 Å². The zero-order chi connectivity index (χ0) is 21.3. The van der Waals surface area contributed by atoms with Crippen LogP contribution in [0.3, 0.4) is 0 Å². The maximum Gasteiger partial charge on any atom is 0.232 e. The molecule has 0 radical (unpaired) electrons. The van der Waals surface area contributed by atoms with Crippen LogP contribution in [0.2, 0.25) is 0 Å². The Kier molecular flexibility index (Phi) is 8.98. The van der Waals surface area contributed by atoms with E-state index in [1.165, 1.54) is 16.6 Å². The van der Waals surface area contributed by atoms with Gasteiger partial charge in [0.1, 0.15) is 5.82 Å². The van der Waals surface area contributed by atoms with E-state index in [1.807, 2.05) is 19.1 Å². The first-order valence-corrected chi connectivity index (χ1v) is 12.4. The fourth-order valence-electron chi connectivity index (χ4n) is 2.73. The first-order valence-electron chi connectivity index (χ1n) is 9.39. The molecule has 0 saturated heterocycles. The average Bonchev–Trinajstić information content (AvgIpc) is 2.66. The van der Waals surface area contributed by atoms with Crippen molar-refractivity contribution >= 4 is 33.4 Å². The summed E-state index contributed by atoms with van der Waals surface area (Å²) >= 11 is 1.55. The molecule has 0 bridgehead atoms. The Bertz CT molecular complexity index is 902. The Balaban J connectivity index is 1.69. The van der Waals surface area contributed by atoms with Crippen LogP contribution >= 0.6 is 11.8 Å². The van der Waals surface area contributed by atoms with Gasteiger partial charge in [-0.2, -0.15) is 11.8 Å². The summed E-state index contributed by atoms with van der Waals surface area (Å²) < 4.78 is 39.0. The van der Waals surface area contributed by atoms with Crippen LogP contribution in [-0.2, 0) is 20.6 Å². The number of benzene rings is 2. The third kappa shape index (κ3) is 8.06. The van der Waals surface area contributed by atoms with E-state index in [0.29, 0.717) is 35.7 Å². The van der Waals surface area contributed by atoms with Gasteiger partial charge in [-0.1, -0.05) is 35.9 Å². The van der Waals surface area contributed by atoms with Crippen molar-refractivity contribution < 1.29 is 17.6 Å². The van der Waals surface area contributed by atoms with Gasteiger partial charge in [0.2, 0.25) is 15.9 Å². The number of anilines is 1. The highest BCUT2D eigenvalue weighted by molar-refractivity contribution is 7.98. The highest BCUT2D eigenvalue weighted by atomic mass is 32.2. The molecule has 158 valence electrons. The molecule has 0 aliphatic carbocycles. The summed E-state index contributed by atoms with van der Waals surface area (Å²) in [7, 11) is -3.42. The topological polar surface area (TPSA) is 66.5 Å². The van der Waals surface area contributed by atoms with Crippen molar-refractivity contribution in [3.05, 3.63) is 65.5 Å². The first kappa shape index (κ1) is 23.2. The van der Waals surface area contributed by atoms with Gasteiger partial charge >= 0.3 is 0 Å². The molecule has 0 aromatic heterocycles. The summed E-state index contributed by atoms with van der Waals surface area (Å²) in [6.07, 6.45) is 1.84. The maximum atomic E-state index is 13.5. The van der Waals surface area contributed by atoms with Gasteiger partial charge in [0.15, 0.2) is 0 Å². The van der Waals surface area contributed by atoms with Crippen molar-refractivity contribution in [3.63, 3.8) is 0 Å². The molecule has 5 nitrogen and oxygen atoms in total. The van der Waals surface area contributed by atoms with E-state index in [0.717, 1.165) is 5.56 Å². The number of sulfonamides is 1. The van der Waals surface area contributed by atoms with Gasteiger partial charge < -0.3 is 5.32 Å². The Hall–Kier alpha value is -2.06. The van der Waals surface area contributed by atoms with Crippen LogP contribution in [-0.4, -0.2) is 39.4 Å². The number of nitrogens with one attached hydrogen (secondary N) is 1. The summed E-state index contributed by atoms with van der Waals surface area (Å²) in [5.74, 6) is 0.906. The summed E-state index contributed by atoms with van der Waals surface area (Å²) in [5, 5.41) is 2.82. The van der Waals surface area contributed by atoms with Crippen LogP contribution in [0.1, 0.15) is 24.0 Å². The van der Waals surface area contributed by atoms with Crippen LogP contribution in [0.25, 0.3) is 0 Å². The molecule has 8 heteroatoms. The second-order valence-electron chi connectivity index (χ2n) is 6.77. The summed E-state index contributed by atoms with van der Waals surface area (Å²) in [5.41, 5.74) is 2.30. The molecule has 2 rings (SSSR count). The minimum atomic E-state index is -3.42. The molecule has 29 heavy (non-hydrogen) atoms. The molecular formula is C21H27FN2O3S2. The predicted molar refractivity (Wildman–Crippen MR) is 118 cm³/mol. The highest BCUT2D eigenvalue weighted by Crippen LogP contribution is 2.19. The lowest BCUT2D eigenvalue weighted by atomic mass is 10.2. The smallest absolute Gasteiger partial charge is 0.232 e. The third-order valence-electron chi connectivity index (χ3n) is 4.27. The third-order valence-corrected chi connectivity index (χ3v) is 6.47. The number of thioether (sulfide) groups is 1. The van der Waals surface area contributed by atoms with Crippen molar-refractivity contribution in [3.8, 4) is 0 Å². The summed E-state index contributed by atoms with van der Waals surface area (Å²) in [6, 6.07) is 13.9. The number of nitrogens with zero attached hydrogens (tertiary/aromatic N) is 1. The Morgan fingerprint density at radius 1 is 1.14 bits per heavy atom. The molecule has 1 amide bonds. The van der Waals surface area contributed by atoms with Crippen molar-refractivity contribution in [2.24, 2.45) is 0 Å². The van der Waals surface area contributed by atoms with E-state index in [4.69, 9.17) is 0 Å². The molecular weight excluding hydrogens is 411 g/mol. The van der Waals surface area contributed by atoms with Crippen LogP contribution < -0.4 is 9.62 Å². The molecule has 2 aromatic rings. The standard InChI is InChI=1S/C21H27FN2O3S2/c1-17-9-11-19(12-10-17)24(29(2,26)27)14-5-8-21(25)23-13-15-28-16-18-6-3-4-7-20(18)22/h3-4,6-7,9-12H,5,8,13-16H2,1-2H3,(H,23,25). The Labute approximate surface area is 176 Å². The second kappa shape index (κ2) is 11.2. The normalized spacial score (nSPS) is 11.3. The lowest BCUT2D eigenvalue weighted by molar-refractivity contribution is -0.121. The number of halogens is 1. The van der Waals surface area contributed by atoms with Crippen molar-refractivity contribution in [2.45, 2.75) is 25.5 Å². The van der Waals surface area contributed by atoms with Crippen molar-refractivity contribution in [1.29, 1.82) is 0 Å². The zero-order valence-corrected chi connectivity index (χ0v) is 18.4. The zero-order valence-electron chi connectivity index (χ0n) is 16.7. The Morgan fingerprint density at radius 3 is 2.48 bits per heavy atom. The fourth-order valence-corrected chi connectivity index (χ4v) is 4.54. The molecule has 0 atom stereocenters. The Morgan fingerprint density at radius 2 is 1.83 bits per heavy atom. The van der Waals surface area contributed by atoms with Crippen LogP contribution in [0.4, 0.5) is 10.1 Å². The molecule has 0 fully saturated rings. The SMILES string of the molecule is Cc1ccc(N(CCCC(=O)NCCSCc2ccccc2F)S(C)(=O)=O)cc1. The molecule has 0 aliphatic heterocycles.